The van der Waals surface area contributed by atoms with Crippen molar-refractivity contribution in [1.29, 1.82) is 0 Å². The van der Waals surface area contributed by atoms with Crippen LogP contribution in [0.4, 0.5) is 0 Å². The first-order valence-corrected chi connectivity index (χ1v) is 3.62. The zero-order valence-electron chi connectivity index (χ0n) is 7.26. The Morgan fingerprint density at radius 2 is 2.00 bits per heavy atom. The highest BCUT2D eigenvalue weighted by Gasteiger charge is 2.22. The second kappa shape index (κ2) is 3.73. The number of aromatic nitrogens is 1. The summed E-state index contributed by atoms with van der Waals surface area (Å²) in [4.78, 5) is 21.5. The van der Waals surface area contributed by atoms with Crippen molar-refractivity contribution in [2.75, 3.05) is 7.11 Å². The molecule has 0 aliphatic heterocycles. The van der Waals surface area contributed by atoms with Gasteiger partial charge in [-0.1, -0.05) is 0 Å². The summed E-state index contributed by atoms with van der Waals surface area (Å²) < 4.78 is 4.32. The highest BCUT2D eigenvalue weighted by molar-refractivity contribution is 5.87. The molecular weight excluding hydrogens is 190 g/mol. The van der Waals surface area contributed by atoms with Gasteiger partial charge in [-0.05, 0) is 6.07 Å². The Hall–Kier alpha value is -2.11. The van der Waals surface area contributed by atoms with E-state index in [-0.39, 0.29) is 10.4 Å². The smallest absolute Gasteiger partial charge is 0.404 e. The summed E-state index contributed by atoms with van der Waals surface area (Å²) in [5, 5.41) is 19.8. The lowest BCUT2D eigenvalue weighted by molar-refractivity contribution is -0.611. The van der Waals surface area contributed by atoms with Crippen molar-refractivity contribution in [3.05, 3.63) is 34.8 Å². The summed E-state index contributed by atoms with van der Waals surface area (Å²) in [5.74, 6) is -2.27. The molecule has 0 radical (unpaired) electrons. The second-order valence-corrected chi connectivity index (χ2v) is 2.39. The van der Waals surface area contributed by atoms with Crippen LogP contribution >= 0.6 is 0 Å². The maximum atomic E-state index is 11.2. The van der Waals surface area contributed by atoms with Crippen LogP contribution in [0.2, 0.25) is 0 Å². The molecule has 0 atom stereocenters. The van der Waals surface area contributed by atoms with Gasteiger partial charge in [0.15, 0.2) is 0 Å². The molecule has 0 spiro atoms. The van der Waals surface area contributed by atoms with E-state index < -0.39 is 17.6 Å². The first kappa shape index (κ1) is 9.97. The van der Waals surface area contributed by atoms with Crippen molar-refractivity contribution >= 4 is 11.9 Å². The van der Waals surface area contributed by atoms with Crippen LogP contribution in [-0.2, 0) is 4.74 Å². The third-order valence-corrected chi connectivity index (χ3v) is 1.56. The maximum Gasteiger partial charge on any atom is 0.404 e. The standard InChI is InChI=1S/C8H7NO5/c1-14-8(12)6-4-2-3-5(7(10)11)9(6)13/h2-4H,1H3,(H,10,11). The van der Waals surface area contributed by atoms with E-state index >= 15 is 0 Å². The average Bonchev–Trinajstić information content (AvgIpc) is 2.16. The van der Waals surface area contributed by atoms with Crippen LogP contribution in [0.5, 0.6) is 0 Å². The Morgan fingerprint density at radius 3 is 2.50 bits per heavy atom. The van der Waals surface area contributed by atoms with Gasteiger partial charge >= 0.3 is 23.3 Å². The molecule has 14 heavy (non-hydrogen) atoms. The minimum atomic E-state index is -1.40. The number of carbonyl (C=O) groups is 2. The van der Waals surface area contributed by atoms with Crippen LogP contribution < -0.4 is 4.73 Å². The average molecular weight is 197 g/mol. The molecule has 0 saturated carbocycles. The van der Waals surface area contributed by atoms with Gasteiger partial charge in [-0.15, -0.1) is 0 Å². The number of ether oxygens (including phenoxy) is 1. The minimum absolute atomic E-state index is 0.0220. The SMILES string of the molecule is COC(=O)c1cccc(C(=O)O)[n+]1[O-]. The molecule has 1 rings (SSSR count). The molecular formula is C8H7NO5. The first-order chi connectivity index (χ1) is 6.57. The summed E-state index contributed by atoms with van der Waals surface area (Å²) in [6.07, 6.45) is 0. The molecule has 0 unspecified atom stereocenters. The van der Waals surface area contributed by atoms with Crippen LogP contribution in [0, 0.1) is 5.21 Å². The van der Waals surface area contributed by atoms with Crippen LogP contribution in [-0.4, -0.2) is 24.2 Å². The Balaban J connectivity index is 3.27. The number of nitrogens with zero attached hydrogens (tertiary/aromatic N) is 1. The molecule has 0 amide bonds. The number of hydrogen-bond acceptors (Lipinski definition) is 4. The molecule has 1 heterocycles. The van der Waals surface area contributed by atoms with Crippen molar-refractivity contribution in [2.24, 2.45) is 0 Å². The lowest BCUT2D eigenvalue weighted by Gasteiger charge is -2.04. The van der Waals surface area contributed by atoms with E-state index in [9.17, 15) is 14.8 Å². The zero-order chi connectivity index (χ0) is 10.7. The van der Waals surface area contributed by atoms with Gasteiger partial charge in [0.25, 0.3) is 0 Å². The summed E-state index contributed by atoms with van der Waals surface area (Å²) in [5.41, 5.74) is -0.875. The van der Waals surface area contributed by atoms with Crippen molar-refractivity contribution in [1.82, 2.24) is 0 Å². The number of pyridine rings is 1. The lowest BCUT2D eigenvalue weighted by Crippen LogP contribution is -2.41. The summed E-state index contributed by atoms with van der Waals surface area (Å²) in [6, 6.07) is 3.58. The fourth-order valence-electron chi connectivity index (χ4n) is 0.909. The van der Waals surface area contributed by atoms with Crippen molar-refractivity contribution in [3.8, 4) is 0 Å². The van der Waals surface area contributed by atoms with E-state index in [1.54, 1.807) is 0 Å². The molecule has 0 aliphatic carbocycles. The van der Waals surface area contributed by atoms with E-state index in [0.717, 1.165) is 13.2 Å². The molecule has 1 N–H and O–H groups in total. The van der Waals surface area contributed by atoms with Crippen molar-refractivity contribution in [3.63, 3.8) is 0 Å². The first-order valence-electron chi connectivity index (χ1n) is 3.62. The number of methoxy groups -OCH3 is 1. The third-order valence-electron chi connectivity index (χ3n) is 1.56. The van der Waals surface area contributed by atoms with Crippen molar-refractivity contribution in [2.45, 2.75) is 0 Å². The Morgan fingerprint density at radius 1 is 1.43 bits per heavy atom. The highest BCUT2D eigenvalue weighted by atomic mass is 16.5. The number of rotatable bonds is 2. The second-order valence-electron chi connectivity index (χ2n) is 2.39. The molecule has 6 heteroatoms. The number of carboxylic acids is 1. The van der Waals surface area contributed by atoms with Gasteiger partial charge in [0.05, 0.1) is 7.11 Å². The largest absolute Gasteiger partial charge is 0.617 e. The fraction of sp³-hybridized carbons (Fsp3) is 0.125. The summed E-state index contributed by atoms with van der Waals surface area (Å²) in [6.45, 7) is 0. The number of hydrogen-bond donors (Lipinski definition) is 1. The van der Waals surface area contributed by atoms with Gasteiger partial charge in [-0.2, -0.15) is 4.73 Å². The third kappa shape index (κ3) is 1.63. The molecule has 74 valence electrons. The molecule has 6 nitrogen and oxygen atoms in total. The van der Waals surface area contributed by atoms with Gasteiger partial charge in [0, 0.05) is 12.1 Å². The predicted octanol–water partition coefficient (Wildman–Crippen LogP) is -0.195. The Labute approximate surface area is 78.9 Å². The summed E-state index contributed by atoms with van der Waals surface area (Å²) >= 11 is 0. The molecule has 0 fully saturated rings. The van der Waals surface area contributed by atoms with Crippen LogP contribution in [0.3, 0.4) is 0 Å². The number of carbonyl (C=O) groups excluding carboxylic acids is 1. The van der Waals surface area contributed by atoms with Gasteiger partial charge < -0.3 is 15.1 Å². The van der Waals surface area contributed by atoms with Crippen LogP contribution in [0.15, 0.2) is 18.2 Å². The molecule has 1 aromatic heterocycles. The lowest BCUT2D eigenvalue weighted by atomic mass is 10.3. The van der Waals surface area contributed by atoms with E-state index in [2.05, 4.69) is 4.74 Å². The molecule has 0 aliphatic rings. The van der Waals surface area contributed by atoms with E-state index in [4.69, 9.17) is 5.11 Å². The van der Waals surface area contributed by atoms with Crippen LogP contribution in [0.25, 0.3) is 0 Å². The van der Waals surface area contributed by atoms with Crippen molar-refractivity contribution < 1.29 is 24.2 Å². The summed E-state index contributed by atoms with van der Waals surface area (Å²) in [7, 11) is 1.11. The normalized spacial score (nSPS) is 9.50. The maximum absolute atomic E-state index is 11.2. The van der Waals surface area contributed by atoms with E-state index in [1.807, 2.05) is 0 Å². The molecule has 0 saturated heterocycles. The van der Waals surface area contributed by atoms with Crippen LogP contribution in [0.1, 0.15) is 21.0 Å². The number of carboxylic acid groups (broad SMARTS) is 1. The number of aromatic carboxylic acids is 1. The monoisotopic (exact) mass is 197 g/mol. The highest BCUT2D eigenvalue weighted by Crippen LogP contribution is 1.98. The minimum Gasteiger partial charge on any atom is -0.617 e. The van der Waals surface area contributed by atoms with Gasteiger partial charge in [0.1, 0.15) is 0 Å². The predicted molar refractivity (Wildman–Crippen MR) is 43.7 cm³/mol. The molecule has 0 aromatic carbocycles. The molecule has 0 bridgehead atoms. The zero-order valence-corrected chi connectivity index (χ0v) is 7.26. The van der Waals surface area contributed by atoms with E-state index in [0.29, 0.717) is 0 Å². The topological polar surface area (TPSA) is 90.5 Å². The van der Waals surface area contributed by atoms with Gasteiger partial charge in [-0.3, -0.25) is 0 Å². The molecule has 1 aromatic rings. The van der Waals surface area contributed by atoms with Gasteiger partial charge in [0.2, 0.25) is 0 Å². The quantitative estimate of drug-likeness (QED) is 0.403. The van der Waals surface area contributed by atoms with E-state index in [1.165, 1.54) is 12.1 Å². The Bertz CT molecular complexity index is 387. The fourth-order valence-corrected chi connectivity index (χ4v) is 0.909. The number of esters is 1. The van der Waals surface area contributed by atoms with Gasteiger partial charge in [-0.25, -0.2) is 9.59 Å². The Kier molecular flexibility index (Phi) is 2.66.